The van der Waals surface area contributed by atoms with Crippen LogP contribution in [0.15, 0.2) is 0 Å². The SMILES string of the molecule is COCC(=O)N(CC1CCCC1)C1CCN(C2CCC(COCC3CC3)CC2)CC1. The average molecular weight is 421 g/mol. The maximum atomic E-state index is 12.8. The van der Waals surface area contributed by atoms with E-state index in [1.807, 2.05) is 0 Å². The zero-order chi connectivity index (χ0) is 20.8. The number of carbonyl (C=O) groups is 1. The molecule has 4 rings (SSSR count). The maximum absolute atomic E-state index is 12.8. The van der Waals surface area contributed by atoms with E-state index in [9.17, 15) is 4.79 Å². The zero-order valence-electron chi connectivity index (χ0n) is 19.2. The van der Waals surface area contributed by atoms with E-state index >= 15 is 0 Å². The number of ether oxygens (including phenoxy) is 2. The highest BCUT2D eigenvalue weighted by molar-refractivity contribution is 5.77. The summed E-state index contributed by atoms with van der Waals surface area (Å²) >= 11 is 0. The minimum atomic E-state index is 0.203. The van der Waals surface area contributed by atoms with Crippen molar-refractivity contribution >= 4 is 5.91 Å². The number of piperidine rings is 1. The molecule has 1 heterocycles. The number of hydrogen-bond acceptors (Lipinski definition) is 4. The molecule has 0 radical (unpaired) electrons. The molecular formula is C25H44N2O3. The second-order valence-corrected chi connectivity index (χ2v) is 10.6. The van der Waals surface area contributed by atoms with Gasteiger partial charge in [0.25, 0.3) is 0 Å². The Morgan fingerprint density at radius 2 is 1.43 bits per heavy atom. The molecular weight excluding hydrogens is 376 g/mol. The molecule has 1 amide bonds. The van der Waals surface area contributed by atoms with Crippen LogP contribution in [0.1, 0.15) is 77.0 Å². The van der Waals surface area contributed by atoms with Gasteiger partial charge in [-0.05, 0) is 82.0 Å². The molecule has 0 atom stereocenters. The minimum absolute atomic E-state index is 0.203. The molecule has 0 unspecified atom stereocenters. The fraction of sp³-hybridized carbons (Fsp3) is 0.960. The number of hydrogen-bond donors (Lipinski definition) is 0. The van der Waals surface area contributed by atoms with E-state index in [0.29, 0.717) is 12.0 Å². The number of nitrogens with zero attached hydrogens (tertiary/aromatic N) is 2. The Hall–Kier alpha value is -0.650. The molecule has 0 aromatic carbocycles. The molecule has 1 aliphatic heterocycles. The van der Waals surface area contributed by atoms with Gasteiger partial charge in [0.15, 0.2) is 0 Å². The Balaban J connectivity index is 1.19. The number of methoxy groups -OCH3 is 1. The lowest BCUT2D eigenvalue weighted by Crippen LogP contribution is -2.52. The standard InChI is InChI=1S/C25H44N2O3/c1-29-19-25(28)27(16-20-4-2-3-5-20)24-12-14-26(15-13-24)23-10-8-22(9-11-23)18-30-17-21-6-7-21/h20-24H,2-19H2,1H3. The fourth-order valence-corrected chi connectivity index (χ4v) is 6.06. The molecule has 4 aliphatic rings. The third kappa shape index (κ3) is 6.43. The Labute approximate surface area is 183 Å². The van der Waals surface area contributed by atoms with Crippen LogP contribution in [0.4, 0.5) is 0 Å². The van der Waals surface area contributed by atoms with Crippen LogP contribution in [0.3, 0.4) is 0 Å². The van der Waals surface area contributed by atoms with E-state index in [1.165, 1.54) is 64.2 Å². The monoisotopic (exact) mass is 420 g/mol. The summed E-state index contributed by atoms with van der Waals surface area (Å²) in [7, 11) is 1.64. The van der Waals surface area contributed by atoms with Crippen molar-refractivity contribution in [1.29, 1.82) is 0 Å². The average Bonchev–Trinajstić information content (AvgIpc) is 3.45. The number of rotatable bonds is 10. The summed E-state index contributed by atoms with van der Waals surface area (Å²) in [5, 5.41) is 0. The van der Waals surface area contributed by atoms with Crippen LogP contribution in [0.5, 0.6) is 0 Å². The zero-order valence-corrected chi connectivity index (χ0v) is 19.2. The highest BCUT2D eigenvalue weighted by Gasteiger charge is 2.34. The number of amides is 1. The molecule has 0 aromatic rings. The van der Waals surface area contributed by atoms with Crippen molar-refractivity contribution in [2.45, 2.75) is 89.1 Å². The topological polar surface area (TPSA) is 42.0 Å². The molecule has 1 saturated heterocycles. The first kappa shape index (κ1) is 22.5. The van der Waals surface area contributed by atoms with E-state index in [1.54, 1.807) is 7.11 Å². The summed E-state index contributed by atoms with van der Waals surface area (Å²) in [6.45, 7) is 5.49. The molecule has 5 heteroatoms. The summed E-state index contributed by atoms with van der Waals surface area (Å²) in [6.07, 6.45) is 15.6. The summed E-state index contributed by atoms with van der Waals surface area (Å²) in [5.41, 5.74) is 0. The Morgan fingerprint density at radius 1 is 0.833 bits per heavy atom. The van der Waals surface area contributed by atoms with Gasteiger partial charge in [0.05, 0.1) is 0 Å². The van der Waals surface area contributed by atoms with Crippen LogP contribution in [-0.2, 0) is 14.3 Å². The van der Waals surface area contributed by atoms with Crippen molar-refractivity contribution in [1.82, 2.24) is 9.80 Å². The molecule has 0 spiro atoms. The molecule has 3 aliphatic carbocycles. The van der Waals surface area contributed by atoms with Crippen LogP contribution in [0.25, 0.3) is 0 Å². The lowest BCUT2D eigenvalue weighted by atomic mass is 9.85. The first-order chi connectivity index (χ1) is 14.7. The molecule has 0 N–H and O–H groups in total. The van der Waals surface area contributed by atoms with Gasteiger partial charge >= 0.3 is 0 Å². The predicted octanol–water partition coefficient (Wildman–Crippen LogP) is 4.10. The summed E-state index contributed by atoms with van der Waals surface area (Å²) in [4.78, 5) is 17.7. The Kier molecular flexibility index (Phi) is 8.48. The summed E-state index contributed by atoms with van der Waals surface area (Å²) < 4.78 is 11.2. The van der Waals surface area contributed by atoms with Gasteiger partial charge in [0, 0.05) is 52.0 Å². The largest absolute Gasteiger partial charge is 0.381 e. The van der Waals surface area contributed by atoms with Gasteiger partial charge in [-0.15, -0.1) is 0 Å². The van der Waals surface area contributed by atoms with E-state index in [-0.39, 0.29) is 12.5 Å². The van der Waals surface area contributed by atoms with Crippen molar-refractivity contribution in [3.05, 3.63) is 0 Å². The van der Waals surface area contributed by atoms with Crippen LogP contribution >= 0.6 is 0 Å². The molecule has 172 valence electrons. The second-order valence-electron chi connectivity index (χ2n) is 10.6. The summed E-state index contributed by atoms with van der Waals surface area (Å²) in [5.74, 6) is 2.58. The van der Waals surface area contributed by atoms with Gasteiger partial charge in [-0.3, -0.25) is 4.79 Å². The van der Waals surface area contributed by atoms with Crippen molar-refractivity contribution in [3.8, 4) is 0 Å². The summed E-state index contributed by atoms with van der Waals surface area (Å²) in [6, 6.07) is 1.17. The van der Waals surface area contributed by atoms with Crippen molar-refractivity contribution in [2.75, 3.05) is 46.6 Å². The van der Waals surface area contributed by atoms with Crippen molar-refractivity contribution in [3.63, 3.8) is 0 Å². The van der Waals surface area contributed by atoms with Gasteiger partial charge < -0.3 is 19.3 Å². The number of carbonyl (C=O) groups excluding carboxylic acids is 1. The normalized spacial score (nSPS) is 29.4. The molecule has 0 aromatic heterocycles. The third-order valence-corrected chi connectivity index (χ3v) is 8.19. The van der Waals surface area contributed by atoms with E-state index in [2.05, 4.69) is 9.80 Å². The van der Waals surface area contributed by atoms with E-state index in [4.69, 9.17) is 9.47 Å². The third-order valence-electron chi connectivity index (χ3n) is 8.19. The lowest BCUT2D eigenvalue weighted by molar-refractivity contribution is -0.139. The van der Waals surface area contributed by atoms with Crippen molar-refractivity contribution in [2.24, 2.45) is 17.8 Å². The predicted molar refractivity (Wildman–Crippen MR) is 119 cm³/mol. The van der Waals surface area contributed by atoms with Gasteiger partial charge in [0.1, 0.15) is 6.61 Å². The maximum Gasteiger partial charge on any atom is 0.248 e. The Bertz CT molecular complexity index is 516. The van der Waals surface area contributed by atoms with Gasteiger partial charge in [-0.25, -0.2) is 0 Å². The molecule has 30 heavy (non-hydrogen) atoms. The first-order valence-corrected chi connectivity index (χ1v) is 12.8. The second kappa shape index (κ2) is 11.3. The highest BCUT2D eigenvalue weighted by atomic mass is 16.5. The first-order valence-electron chi connectivity index (χ1n) is 12.8. The highest BCUT2D eigenvalue weighted by Crippen LogP contribution is 2.33. The van der Waals surface area contributed by atoms with Crippen LogP contribution in [-0.4, -0.2) is 74.4 Å². The molecule has 3 saturated carbocycles. The number of likely N-dealkylation sites (tertiary alicyclic amines) is 1. The van der Waals surface area contributed by atoms with Gasteiger partial charge in [0.2, 0.25) is 5.91 Å². The van der Waals surface area contributed by atoms with Crippen LogP contribution < -0.4 is 0 Å². The van der Waals surface area contributed by atoms with Crippen LogP contribution in [0, 0.1) is 17.8 Å². The quantitative estimate of drug-likeness (QED) is 0.534. The lowest BCUT2D eigenvalue weighted by Gasteiger charge is -2.44. The smallest absolute Gasteiger partial charge is 0.248 e. The van der Waals surface area contributed by atoms with Gasteiger partial charge in [-0.2, -0.15) is 0 Å². The van der Waals surface area contributed by atoms with Gasteiger partial charge in [-0.1, -0.05) is 12.8 Å². The van der Waals surface area contributed by atoms with E-state index < -0.39 is 0 Å². The molecule has 5 nitrogen and oxygen atoms in total. The molecule has 0 bridgehead atoms. The van der Waals surface area contributed by atoms with E-state index in [0.717, 1.165) is 63.6 Å². The minimum Gasteiger partial charge on any atom is -0.381 e. The fourth-order valence-electron chi connectivity index (χ4n) is 6.06. The van der Waals surface area contributed by atoms with Crippen molar-refractivity contribution < 1.29 is 14.3 Å². The molecule has 4 fully saturated rings. The Morgan fingerprint density at radius 3 is 2.00 bits per heavy atom. The van der Waals surface area contributed by atoms with Crippen LogP contribution in [0.2, 0.25) is 0 Å².